The van der Waals surface area contributed by atoms with Crippen LogP contribution in [0.4, 0.5) is 0 Å². The topological polar surface area (TPSA) is 20.3 Å². The van der Waals surface area contributed by atoms with Crippen LogP contribution < -0.4 is 0 Å². The number of rotatable bonds is 3. The lowest BCUT2D eigenvalue weighted by atomic mass is 10.1. The van der Waals surface area contributed by atoms with Crippen molar-refractivity contribution in [2.24, 2.45) is 0 Å². The summed E-state index contributed by atoms with van der Waals surface area (Å²) >= 11 is 7.26. The van der Waals surface area contributed by atoms with E-state index >= 15 is 0 Å². The van der Waals surface area contributed by atoms with Crippen molar-refractivity contribution in [3.63, 3.8) is 0 Å². The molecular formula is C13H18ClNOS. The van der Waals surface area contributed by atoms with Gasteiger partial charge in [0.15, 0.2) is 5.78 Å². The molecule has 1 atom stereocenters. The highest BCUT2D eigenvalue weighted by Gasteiger charge is 2.24. The lowest BCUT2D eigenvalue weighted by Gasteiger charge is -2.25. The number of Topliss-reactive ketones (excluding diaryl/α,β-unsaturated/α-hetero) is 1. The first-order chi connectivity index (χ1) is 8.18. The Kier molecular flexibility index (Phi) is 4.60. The highest BCUT2D eigenvalue weighted by atomic mass is 35.5. The van der Waals surface area contributed by atoms with Gasteiger partial charge in [-0.3, -0.25) is 9.69 Å². The first kappa shape index (κ1) is 13.1. The summed E-state index contributed by atoms with van der Waals surface area (Å²) in [5.74, 6) is 0.212. The van der Waals surface area contributed by atoms with Crippen molar-refractivity contribution in [2.75, 3.05) is 13.1 Å². The number of ketones is 1. The first-order valence-corrected chi connectivity index (χ1v) is 7.41. The molecule has 0 aromatic carbocycles. The summed E-state index contributed by atoms with van der Waals surface area (Å²) in [6.07, 6.45) is 5.01. The number of hydrogen-bond donors (Lipinski definition) is 0. The second-order valence-corrected chi connectivity index (χ2v) is 6.31. The van der Waals surface area contributed by atoms with Gasteiger partial charge in [0.2, 0.25) is 0 Å². The van der Waals surface area contributed by atoms with Gasteiger partial charge in [-0.2, -0.15) is 0 Å². The normalized spacial score (nSPS) is 19.9. The van der Waals surface area contributed by atoms with Crippen molar-refractivity contribution in [2.45, 2.75) is 38.6 Å². The summed E-state index contributed by atoms with van der Waals surface area (Å²) in [5.41, 5.74) is 0. The third kappa shape index (κ3) is 3.30. The molecule has 0 radical (unpaired) electrons. The van der Waals surface area contributed by atoms with Gasteiger partial charge >= 0.3 is 0 Å². The molecule has 0 amide bonds. The lowest BCUT2D eigenvalue weighted by molar-refractivity contribution is 0.0847. The van der Waals surface area contributed by atoms with E-state index in [9.17, 15) is 4.79 Å². The maximum atomic E-state index is 12.3. The smallest absolute Gasteiger partial charge is 0.189 e. The summed E-state index contributed by atoms with van der Waals surface area (Å²) < 4.78 is 0.691. The van der Waals surface area contributed by atoms with Gasteiger partial charge in [0.05, 0.1) is 15.3 Å². The number of thiophene rings is 1. The average Bonchev–Trinajstić information content (AvgIpc) is 2.60. The van der Waals surface area contributed by atoms with E-state index in [1.807, 2.05) is 13.0 Å². The molecule has 1 aliphatic heterocycles. The molecule has 1 aromatic rings. The van der Waals surface area contributed by atoms with Crippen LogP contribution in [-0.4, -0.2) is 29.8 Å². The van der Waals surface area contributed by atoms with Crippen molar-refractivity contribution in [1.29, 1.82) is 0 Å². The van der Waals surface area contributed by atoms with Crippen molar-refractivity contribution >= 4 is 28.7 Å². The summed E-state index contributed by atoms with van der Waals surface area (Å²) in [5, 5.41) is 0. The third-order valence-corrected chi connectivity index (χ3v) is 4.63. The van der Waals surface area contributed by atoms with Crippen LogP contribution >= 0.6 is 22.9 Å². The van der Waals surface area contributed by atoms with E-state index in [4.69, 9.17) is 11.6 Å². The highest BCUT2D eigenvalue weighted by molar-refractivity contribution is 7.18. The van der Waals surface area contributed by atoms with Crippen LogP contribution in [0.25, 0.3) is 0 Å². The number of hydrogen-bond acceptors (Lipinski definition) is 3. The standard InChI is InChI=1S/C13H18ClNOS/c1-10(15-8-4-2-3-5-9-15)13(16)11-6-7-12(14)17-11/h6-7,10H,2-5,8-9H2,1H3. The fraction of sp³-hybridized carbons (Fsp3) is 0.615. The van der Waals surface area contributed by atoms with Crippen LogP contribution in [0.3, 0.4) is 0 Å². The number of likely N-dealkylation sites (tertiary alicyclic amines) is 1. The number of halogens is 1. The van der Waals surface area contributed by atoms with Crippen LogP contribution in [0.15, 0.2) is 12.1 Å². The number of nitrogens with zero attached hydrogens (tertiary/aromatic N) is 1. The van der Waals surface area contributed by atoms with Gasteiger partial charge < -0.3 is 0 Å². The quantitative estimate of drug-likeness (QED) is 0.779. The van der Waals surface area contributed by atoms with Gasteiger partial charge in [-0.25, -0.2) is 0 Å². The first-order valence-electron chi connectivity index (χ1n) is 6.22. The molecule has 0 N–H and O–H groups in total. The van der Waals surface area contributed by atoms with Gasteiger partial charge in [-0.1, -0.05) is 24.4 Å². The SMILES string of the molecule is CC(C(=O)c1ccc(Cl)s1)N1CCCCCC1. The minimum absolute atomic E-state index is 0.0113. The highest BCUT2D eigenvalue weighted by Crippen LogP contribution is 2.24. The second kappa shape index (κ2) is 5.98. The Hall–Kier alpha value is -0.380. The average molecular weight is 272 g/mol. The third-order valence-electron chi connectivity index (χ3n) is 3.38. The fourth-order valence-electron chi connectivity index (χ4n) is 2.30. The Labute approximate surface area is 112 Å². The molecule has 1 saturated heterocycles. The molecule has 0 saturated carbocycles. The molecule has 1 aromatic heterocycles. The molecule has 2 heterocycles. The number of carbonyl (C=O) groups is 1. The number of carbonyl (C=O) groups excluding carboxylic acids is 1. The van der Waals surface area contributed by atoms with Crippen LogP contribution in [0.1, 0.15) is 42.3 Å². The van der Waals surface area contributed by atoms with Gasteiger partial charge in [0, 0.05) is 0 Å². The summed E-state index contributed by atoms with van der Waals surface area (Å²) in [6, 6.07) is 3.63. The molecule has 2 rings (SSSR count). The molecular weight excluding hydrogens is 254 g/mol. The lowest BCUT2D eigenvalue weighted by Crippen LogP contribution is -2.39. The molecule has 0 aliphatic carbocycles. The second-order valence-electron chi connectivity index (χ2n) is 4.59. The minimum atomic E-state index is -0.0113. The van der Waals surface area contributed by atoms with Crippen molar-refractivity contribution in [3.8, 4) is 0 Å². The Morgan fingerprint density at radius 1 is 1.29 bits per heavy atom. The summed E-state index contributed by atoms with van der Waals surface area (Å²) in [4.78, 5) is 15.4. The Morgan fingerprint density at radius 2 is 1.94 bits per heavy atom. The largest absolute Gasteiger partial charge is 0.293 e. The Bertz CT molecular complexity index is 383. The molecule has 4 heteroatoms. The molecule has 94 valence electrons. The van der Waals surface area contributed by atoms with Gasteiger partial charge in [0.25, 0.3) is 0 Å². The van der Waals surface area contributed by atoms with Crippen molar-refractivity contribution in [1.82, 2.24) is 4.90 Å². The molecule has 1 aliphatic rings. The zero-order valence-electron chi connectivity index (χ0n) is 10.1. The maximum Gasteiger partial charge on any atom is 0.189 e. The zero-order chi connectivity index (χ0) is 12.3. The minimum Gasteiger partial charge on any atom is -0.293 e. The van der Waals surface area contributed by atoms with Crippen LogP contribution in [0.5, 0.6) is 0 Å². The summed E-state index contributed by atoms with van der Waals surface area (Å²) in [7, 11) is 0. The Balaban J connectivity index is 2.03. The Morgan fingerprint density at radius 3 is 2.47 bits per heavy atom. The maximum absolute atomic E-state index is 12.3. The van der Waals surface area contributed by atoms with E-state index < -0.39 is 0 Å². The molecule has 0 spiro atoms. The van der Waals surface area contributed by atoms with Crippen molar-refractivity contribution in [3.05, 3.63) is 21.3 Å². The predicted octanol–water partition coefficient (Wildman–Crippen LogP) is 3.85. The van der Waals surface area contributed by atoms with Gasteiger partial charge in [-0.15, -0.1) is 11.3 Å². The molecule has 2 nitrogen and oxygen atoms in total. The molecule has 1 fully saturated rings. The van der Waals surface area contributed by atoms with E-state index in [1.54, 1.807) is 6.07 Å². The van der Waals surface area contributed by atoms with Crippen LogP contribution in [-0.2, 0) is 0 Å². The van der Waals surface area contributed by atoms with Gasteiger partial charge in [0.1, 0.15) is 0 Å². The van der Waals surface area contributed by atoms with E-state index in [0.29, 0.717) is 4.34 Å². The molecule has 1 unspecified atom stereocenters. The molecule has 0 bridgehead atoms. The van der Waals surface area contributed by atoms with Crippen LogP contribution in [0, 0.1) is 0 Å². The summed E-state index contributed by atoms with van der Waals surface area (Å²) in [6.45, 7) is 4.11. The van der Waals surface area contributed by atoms with Gasteiger partial charge in [-0.05, 0) is 45.0 Å². The zero-order valence-corrected chi connectivity index (χ0v) is 11.7. The fourth-order valence-corrected chi connectivity index (χ4v) is 3.37. The molecule has 17 heavy (non-hydrogen) atoms. The predicted molar refractivity (Wildman–Crippen MR) is 73.2 cm³/mol. The van der Waals surface area contributed by atoms with Crippen molar-refractivity contribution < 1.29 is 4.79 Å². The van der Waals surface area contributed by atoms with E-state index in [1.165, 1.54) is 37.0 Å². The van der Waals surface area contributed by atoms with E-state index in [-0.39, 0.29) is 11.8 Å². The van der Waals surface area contributed by atoms with E-state index in [0.717, 1.165) is 18.0 Å². The monoisotopic (exact) mass is 271 g/mol. The van der Waals surface area contributed by atoms with Crippen LogP contribution in [0.2, 0.25) is 4.34 Å². The van der Waals surface area contributed by atoms with E-state index in [2.05, 4.69) is 4.90 Å².